The molecule has 2 aromatic carbocycles. The van der Waals surface area contributed by atoms with E-state index < -0.39 is 5.97 Å². The van der Waals surface area contributed by atoms with Crippen molar-refractivity contribution in [1.82, 2.24) is 0 Å². The highest BCUT2D eigenvalue weighted by Crippen LogP contribution is 2.10. The van der Waals surface area contributed by atoms with Crippen molar-refractivity contribution >= 4 is 5.97 Å². The van der Waals surface area contributed by atoms with Crippen molar-refractivity contribution in [2.24, 2.45) is 0 Å². The van der Waals surface area contributed by atoms with Crippen LogP contribution in [0.5, 0.6) is 5.75 Å². The van der Waals surface area contributed by atoms with Crippen LogP contribution in [0, 0.1) is 12.1 Å². The fourth-order valence-corrected chi connectivity index (χ4v) is 1.12. The van der Waals surface area contributed by atoms with Crippen LogP contribution in [0.2, 0.25) is 0 Å². The van der Waals surface area contributed by atoms with Crippen LogP contribution in [0.25, 0.3) is 0 Å². The van der Waals surface area contributed by atoms with Gasteiger partial charge in [-0.15, -0.1) is 0 Å². The number of hydrogen-bond donors (Lipinski definition) is 0. The van der Waals surface area contributed by atoms with Gasteiger partial charge in [0, 0.05) is 0 Å². The number of para-hydroxylation sites is 1. The molecule has 0 atom stereocenters. The first-order valence-corrected chi connectivity index (χ1v) is 4.51. The topological polar surface area (TPSA) is 26.3 Å². The Hall–Kier alpha value is -2.09. The third-order valence-electron chi connectivity index (χ3n) is 1.82. The monoisotopic (exact) mass is 196 g/mol. The zero-order valence-electron chi connectivity index (χ0n) is 7.94. The van der Waals surface area contributed by atoms with Gasteiger partial charge in [0.25, 0.3) is 0 Å². The molecule has 0 N–H and O–H groups in total. The van der Waals surface area contributed by atoms with E-state index in [2.05, 4.69) is 12.1 Å². The normalized spacial score (nSPS) is 9.60. The van der Waals surface area contributed by atoms with Crippen molar-refractivity contribution in [1.29, 1.82) is 0 Å². The number of rotatable bonds is 2. The number of carbonyl (C=O) groups excluding carboxylic acids is 1. The molecule has 0 aliphatic heterocycles. The Morgan fingerprint density at radius 3 is 2.60 bits per heavy atom. The Balaban J connectivity index is 2.12. The Labute approximate surface area is 88.1 Å². The van der Waals surface area contributed by atoms with Gasteiger partial charge in [0.05, 0.1) is 5.56 Å². The van der Waals surface area contributed by atoms with Gasteiger partial charge in [0.15, 0.2) is 0 Å². The lowest BCUT2D eigenvalue weighted by molar-refractivity contribution is 0.0734. The molecule has 0 saturated carbocycles. The minimum atomic E-state index is -0.418. The van der Waals surface area contributed by atoms with Gasteiger partial charge in [-0.3, -0.25) is 0 Å². The zero-order chi connectivity index (χ0) is 10.5. The largest absolute Gasteiger partial charge is 0.423 e. The maximum atomic E-state index is 11.5. The van der Waals surface area contributed by atoms with Crippen LogP contribution in [0.3, 0.4) is 0 Å². The van der Waals surface area contributed by atoms with Crippen LogP contribution in [-0.4, -0.2) is 5.97 Å². The maximum Gasteiger partial charge on any atom is 0.344 e. The molecular weight excluding hydrogens is 188 g/mol. The van der Waals surface area contributed by atoms with Crippen molar-refractivity contribution < 1.29 is 9.53 Å². The summed E-state index contributed by atoms with van der Waals surface area (Å²) < 4.78 is 5.11. The number of esters is 1. The van der Waals surface area contributed by atoms with E-state index >= 15 is 0 Å². The highest BCUT2D eigenvalue weighted by Gasteiger charge is 2.06. The Morgan fingerprint density at radius 2 is 1.93 bits per heavy atom. The predicted molar refractivity (Wildman–Crippen MR) is 55.5 cm³/mol. The summed E-state index contributed by atoms with van der Waals surface area (Å²) in [6.45, 7) is 0. The summed E-state index contributed by atoms with van der Waals surface area (Å²) in [6.07, 6.45) is 0. The zero-order valence-corrected chi connectivity index (χ0v) is 7.94. The van der Waals surface area contributed by atoms with Crippen LogP contribution in [0.4, 0.5) is 0 Å². The van der Waals surface area contributed by atoms with E-state index in [0.717, 1.165) is 0 Å². The quantitative estimate of drug-likeness (QED) is 0.545. The molecule has 2 rings (SSSR count). The average Bonchev–Trinajstić information content (AvgIpc) is 2.31. The molecule has 2 radical (unpaired) electrons. The molecule has 15 heavy (non-hydrogen) atoms. The second-order valence-corrected chi connectivity index (χ2v) is 2.90. The van der Waals surface area contributed by atoms with E-state index in [-0.39, 0.29) is 0 Å². The fraction of sp³-hybridized carbons (Fsp3) is 0. The standard InChI is InChI=1S/C13H8O2/c14-13(11-7-3-1-4-8-11)15-12-9-5-2-6-10-12/h1-3,5-6,8-10H. The number of ether oxygens (including phenoxy) is 1. The van der Waals surface area contributed by atoms with E-state index in [1.807, 2.05) is 18.2 Å². The van der Waals surface area contributed by atoms with E-state index in [1.54, 1.807) is 30.3 Å². The molecule has 2 aromatic rings. The van der Waals surface area contributed by atoms with Crippen molar-refractivity contribution in [3.63, 3.8) is 0 Å². The third kappa shape index (κ3) is 2.44. The van der Waals surface area contributed by atoms with Crippen molar-refractivity contribution in [3.05, 3.63) is 66.2 Å². The van der Waals surface area contributed by atoms with E-state index in [4.69, 9.17) is 4.74 Å². The second kappa shape index (κ2) is 4.42. The predicted octanol–water partition coefficient (Wildman–Crippen LogP) is 2.51. The smallest absolute Gasteiger partial charge is 0.344 e. The molecule has 0 bridgehead atoms. The van der Waals surface area contributed by atoms with Crippen molar-refractivity contribution in [2.45, 2.75) is 0 Å². The summed E-state index contributed by atoms with van der Waals surface area (Å²) >= 11 is 0. The van der Waals surface area contributed by atoms with Gasteiger partial charge in [-0.05, 0) is 30.3 Å². The Kier molecular flexibility index (Phi) is 2.79. The minimum absolute atomic E-state index is 0.376. The molecule has 72 valence electrons. The molecule has 0 saturated heterocycles. The molecule has 0 aromatic heterocycles. The van der Waals surface area contributed by atoms with Gasteiger partial charge in [0.2, 0.25) is 0 Å². The highest BCUT2D eigenvalue weighted by atomic mass is 16.5. The molecule has 0 aliphatic rings. The van der Waals surface area contributed by atoms with Crippen LogP contribution in [-0.2, 0) is 0 Å². The van der Waals surface area contributed by atoms with Gasteiger partial charge in [-0.1, -0.05) is 30.3 Å². The summed E-state index contributed by atoms with van der Waals surface area (Å²) in [7, 11) is 0. The van der Waals surface area contributed by atoms with Crippen molar-refractivity contribution in [2.75, 3.05) is 0 Å². The van der Waals surface area contributed by atoms with Gasteiger partial charge in [0.1, 0.15) is 5.75 Å². The van der Waals surface area contributed by atoms with Crippen LogP contribution < -0.4 is 4.74 Å². The first-order valence-electron chi connectivity index (χ1n) is 4.51. The fourth-order valence-electron chi connectivity index (χ4n) is 1.12. The summed E-state index contributed by atoms with van der Waals surface area (Å²) in [5.41, 5.74) is 0.376. The second-order valence-electron chi connectivity index (χ2n) is 2.90. The summed E-state index contributed by atoms with van der Waals surface area (Å²) in [4.78, 5) is 11.5. The van der Waals surface area contributed by atoms with E-state index in [1.165, 1.54) is 0 Å². The third-order valence-corrected chi connectivity index (χ3v) is 1.82. The molecule has 0 unspecified atom stereocenters. The summed E-state index contributed by atoms with van der Waals surface area (Å²) in [6, 6.07) is 19.4. The SMILES string of the molecule is O=C(Oc1ccccc1)c1[c]cc[c]c1. The van der Waals surface area contributed by atoms with Gasteiger partial charge in [-0.25, -0.2) is 4.79 Å². The van der Waals surface area contributed by atoms with E-state index in [0.29, 0.717) is 11.3 Å². The van der Waals surface area contributed by atoms with Gasteiger partial charge >= 0.3 is 5.97 Å². The first kappa shape index (κ1) is 9.46. The van der Waals surface area contributed by atoms with Gasteiger partial charge < -0.3 is 4.74 Å². The molecule has 0 heterocycles. The summed E-state index contributed by atoms with van der Waals surface area (Å²) in [5, 5.41) is 0. The van der Waals surface area contributed by atoms with Crippen LogP contribution >= 0.6 is 0 Å². The minimum Gasteiger partial charge on any atom is -0.423 e. The van der Waals surface area contributed by atoms with Crippen molar-refractivity contribution in [3.8, 4) is 5.75 Å². The number of benzene rings is 2. The van der Waals surface area contributed by atoms with E-state index in [9.17, 15) is 4.79 Å². The maximum absolute atomic E-state index is 11.5. The van der Waals surface area contributed by atoms with Crippen LogP contribution in [0.1, 0.15) is 10.4 Å². The highest BCUT2D eigenvalue weighted by molar-refractivity contribution is 5.90. The Bertz CT molecular complexity index is 435. The first-order chi connectivity index (χ1) is 7.36. The molecule has 2 heteroatoms. The molecule has 0 aliphatic carbocycles. The molecular formula is C13H8O2. The lowest BCUT2D eigenvalue weighted by Crippen LogP contribution is -2.08. The molecule has 0 spiro atoms. The average molecular weight is 196 g/mol. The van der Waals surface area contributed by atoms with Crippen LogP contribution in [0.15, 0.2) is 48.5 Å². The molecule has 0 amide bonds. The van der Waals surface area contributed by atoms with Gasteiger partial charge in [-0.2, -0.15) is 0 Å². The Morgan fingerprint density at radius 1 is 1.13 bits per heavy atom. The summed E-state index contributed by atoms with van der Waals surface area (Å²) in [5.74, 6) is 0.109. The lowest BCUT2D eigenvalue weighted by Gasteiger charge is -2.02. The lowest BCUT2D eigenvalue weighted by atomic mass is 10.2. The molecule has 2 nitrogen and oxygen atoms in total. The molecule has 0 fully saturated rings. The number of hydrogen-bond acceptors (Lipinski definition) is 2. The number of carbonyl (C=O) groups is 1.